The van der Waals surface area contributed by atoms with E-state index in [1.807, 2.05) is 30.8 Å². The first kappa shape index (κ1) is 12.7. The molecule has 2 heterocycles. The Hall–Kier alpha value is -0.740. The lowest BCUT2D eigenvalue weighted by atomic mass is 10.4. The summed E-state index contributed by atoms with van der Waals surface area (Å²) in [6.45, 7) is 2.88. The lowest BCUT2D eigenvalue weighted by molar-refractivity contribution is 0.654. The summed E-state index contributed by atoms with van der Waals surface area (Å²) in [6.07, 6.45) is 5.03. The van der Waals surface area contributed by atoms with Crippen molar-refractivity contribution in [3.05, 3.63) is 24.2 Å². The Labute approximate surface area is 111 Å². The van der Waals surface area contributed by atoms with Crippen molar-refractivity contribution in [2.45, 2.75) is 25.3 Å². The highest BCUT2D eigenvalue weighted by molar-refractivity contribution is 7.98. The summed E-state index contributed by atoms with van der Waals surface area (Å²) in [4.78, 5) is 8.95. The molecule has 0 spiro atoms. The van der Waals surface area contributed by atoms with Gasteiger partial charge >= 0.3 is 0 Å². The predicted octanol–water partition coefficient (Wildman–Crippen LogP) is 3.48. The molecule has 0 aliphatic rings. The summed E-state index contributed by atoms with van der Waals surface area (Å²) in [5, 5.41) is -0.0847. The molecular formula is C12H16ClN3S. The molecule has 0 saturated heterocycles. The van der Waals surface area contributed by atoms with Gasteiger partial charge in [0.2, 0.25) is 0 Å². The number of hydrogen-bond donors (Lipinski definition) is 0. The summed E-state index contributed by atoms with van der Waals surface area (Å²) in [5.41, 5.74) is 1.87. The minimum absolute atomic E-state index is 0.0847. The minimum Gasteiger partial charge on any atom is -0.311 e. The van der Waals surface area contributed by atoms with Crippen LogP contribution in [0.15, 0.2) is 18.3 Å². The van der Waals surface area contributed by atoms with E-state index in [-0.39, 0.29) is 5.38 Å². The molecule has 0 radical (unpaired) electrons. The quantitative estimate of drug-likeness (QED) is 0.615. The Balaban J connectivity index is 2.37. The average Bonchev–Trinajstić information content (AvgIpc) is 2.69. The first-order valence-electron chi connectivity index (χ1n) is 5.68. The lowest BCUT2D eigenvalue weighted by Crippen LogP contribution is -2.06. The molecule has 1 atom stereocenters. The van der Waals surface area contributed by atoms with Crippen LogP contribution in [0.3, 0.4) is 0 Å². The third-order valence-corrected chi connectivity index (χ3v) is 3.51. The number of hydrogen-bond acceptors (Lipinski definition) is 3. The van der Waals surface area contributed by atoms with Crippen molar-refractivity contribution in [3.63, 3.8) is 0 Å². The highest BCUT2D eigenvalue weighted by Crippen LogP contribution is 2.23. The topological polar surface area (TPSA) is 30.7 Å². The van der Waals surface area contributed by atoms with Crippen molar-refractivity contribution in [3.8, 4) is 0 Å². The second-order valence-corrected chi connectivity index (χ2v) is 5.57. The van der Waals surface area contributed by atoms with Crippen molar-refractivity contribution in [2.75, 3.05) is 12.0 Å². The van der Waals surface area contributed by atoms with Crippen LogP contribution >= 0.6 is 23.4 Å². The fourth-order valence-electron chi connectivity index (χ4n) is 1.87. The number of aromatic nitrogens is 3. The van der Waals surface area contributed by atoms with Crippen LogP contribution in [0.4, 0.5) is 0 Å². The van der Waals surface area contributed by atoms with Gasteiger partial charge in [-0.2, -0.15) is 11.8 Å². The molecule has 0 aliphatic heterocycles. The Kier molecular flexibility index (Phi) is 4.29. The highest BCUT2D eigenvalue weighted by atomic mass is 35.5. The van der Waals surface area contributed by atoms with Crippen LogP contribution in [0.2, 0.25) is 0 Å². The van der Waals surface area contributed by atoms with Gasteiger partial charge in [-0.05, 0) is 37.5 Å². The third kappa shape index (κ3) is 2.75. The van der Waals surface area contributed by atoms with Gasteiger partial charge in [-0.1, -0.05) is 0 Å². The third-order valence-electron chi connectivity index (χ3n) is 2.62. The number of nitrogens with zero attached hydrogens (tertiary/aromatic N) is 3. The molecule has 0 aromatic carbocycles. The second kappa shape index (κ2) is 5.74. The average molecular weight is 270 g/mol. The molecule has 1 unspecified atom stereocenters. The van der Waals surface area contributed by atoms with Crippen molar-refractivity contribution in [2.24, 2.45) is 0 Å². The Morgan fingerprint density at radius 2 is 2.35 bits per heavy atom. The number of fused-ring (bicyclic) bond motifs is 1. The minimum atomic E-state index is -0.0847. The SMILES string of the molecule is CSCCCn1c(C(C)Cl)nc2cccnc21. The summed E-state index contributed by atoms with van der Waals surface area (Å²) in [7, 11) is 0. The molecule has 17 heavy (non-hydrogen) atoms. The standard InChI is InChI=1S/C12H16ClN3S/c1-9(13)11-15-10-5-3-6-14-12(10)16(11)7-4-8-17-2/h3,5-6,9H,4,7-8H2,1-2H3. The monoisotopic (exact) mass is 269 g/mol. The van der Waals surface area contributed by atoms with Crippen molar-refractivity contribution >= 4 is 34.5 Å². The van der Waals surface area contributed by atoms with Crippen LogP contribution < -0.4 is 0 Å². The van der Waals surface area contributed by atoms with Crippen LogP contribution in [-0.2, 0) is 6.54 Å². The smallest absolute Gasteiger partial charge is 0.160 e. The number of pyridine rings is 1. The van der Waals surface area contributed by atoms with Gasteiger partial charge in [0.25, 0.3) is 0 Å². The van der Waals surface area contributed by atoms with E-state index < -0.39 is 0 Å². The molecular weight excluding hydrogens is 254 g/mol. The number of thioether (sulfide) groups is 1. The van der Waals surface area contributed by atoms with Gasteiger partial charge in [-0.25, -0.2) is 9.97 Å². The van der Waals surface area contributed by atoms with Gasteiger partial charge in [-0.3, -0.25) is 0 Å². The van der Waals surface area contributed by atoms with E-state index in [9.17, 15) is 0 Å². The number of imidazole rings is 1. The number of halogens is 1. The molecule has 2 rings (SSSR count). The largest absolute Gasteiger partial charge is 0.311 e. The van der Waals surface area contributed by atoms with E-state index in [1.54, 1.807) is 6.20 Å². The van der Waals surface area contributed by atoms with Crippen molar-refractivity contribution < 1.29 is 0 Å². The van der Waals surface area contributed by atoms with Gasteiger partial charge < -0.3 is 4.57 Å². The molecule has 0 aliphatic carbocycles. The van der Waals surface area contributed by atoms with E-state index in [0.717, 1.165) is 35.7 Å². The molecule has 3 nitrogen and oxygen atoms in total. The Morgan fingerprint density at radius 1 is 1.53 bits per heavy atom. The first-order valence-corrected chi connectivity index (χ1v) is 7.51. The van der Waals surface area contributed by atoms with Gasteiger partial charge in [0.15, 0.2) is 5.65 Å². The Morgan fingerprint density at radius 3 is 3.06 bits per heavy atom. The Bertz CT molecular complexity index is 495. The molecule has 92 valence electrons. The normalized spacial score (nSPS) is 13.1. The van der Waals surface area contributed by atoms with E-state index in [4.69, 9.17) is 11.6 Å². The number of rotatable bonds is 5. The fourth-order valence-corrected chi connectivity index (χ4v) is 2.45. The van der Waals surface area contributed by atoms with E-state index in [0.29, 0.717) is 0 Å². The van der Waals surface area contributed by atoms with E-state index in [2.05, 4.69) is 20.8 Å². The summed E-state index contributed by atoms with van der Waals surface area (Å²) < 4.78 is 2.14. The summed E-state index contributed by atoms with van der Waals surface area (Å²) in [6, 6.07) is 3.89. The molecule has 5 heteroatoms. The zero-order valence-corrected chi connectivity index (χ0v) is 11.6. The van der Waals surface area contributed by atoms with Crippen LogP contribution in [0, 0.1) is 0 Å². The maximum absolute atomic E-state index is 6.18. The van der Waals surface area contributed by atoms with E-state index >= 15 is 0 Å². The van der Waals surface area contributed by atoms with Gasteiger partial charge in [0.05, 0.1) is 5.38 Å². The lowest BCUT2D eigenvalue weighted by Gasteiger charge is -2.09. The predicted molar refractivity (Wildman–Crippen MR) is 74.8 cm³/mol. The van der Waals surface area contributed by atoms with Crippen LogP contribution in [0.25, 0.3) is 11.2 Å². The van der Waals surface area contributed by atoms with Crippen LogP contribution in [0.1, 0.15) is 24.5 Å². The molecule has 0 fully saturated rings. The zero-order valence-electron chi connectivity index (χ0n) is 10.1. The fraction of sp³-hybridized carbons (Fsp3) is 0.500. The van der Waals surface area contributed by atoms with Gasteiger partial charge in [-0.15, -0.1) is 11.6 Å². The van der Waals surface area contributed by atoms with Gasteiger partial charge in [0.1, 0.15) is 11.3 Å². The maximum atomic E-state index is 6.18. The van der Waals surface area contributed by atoms with Crippen molar-refractivity contribution in [1.82, 2.24) is 14.5 Å². The number of alkyl halides is 1. The molecule has 2 aromatic rings. The molecule has 0 bridgehead atoms. The molecule has 0 amide bonds. The summed E-state index contributed by atoms with van der Waals surface area (Å²) in [5.74, 6) is 2.06. The number of aryl methyl sites for hydroxylation is 1. The second-order valence-electron chi connectivity index (χ2n) is 3.93. The van der Waals surface area contributed by atoms with Crippen LogP contribution in [0.5, 0.6) is 0 Å². The summed E-state index contributed by atoms with van der Waals surface area (Å²) >= 11 is 8.03. The molecule has 0 N–H and O–H groups in total. The van der Waals surface area contributed by atoms with Crippen molar-refractivity contribution in [1.29, 1.82) is 0 Å². The van der Waals surface area contributed by atoms with Crippen LogP contribution in [-0.4, -0.2) is 26.5 Å². The first-order chi connectivity index (χ1) is 8.24. The molecule has 0 saturated carbocycles. The molecule has 2 aromatic heterocycles. The maximum Gasteiger partial charge on any atom is 0.160 e. The van der Waals surface area contributed by atoms with E-state index in [1.165, 1.54) is 0 Å². The zero-order chi connectivity index (χ0) is 12.3. The highest BCUT2D eigenvalue weighted by Gasteiger charge is 2.14. The van der Waals surface area contributed by atoms with Gasteiger partial charge in [0, 0.05) is 12.7 Å².